The number of fused-ring (bicyclic) bond motifs is 5. The van der Waals surface area contributed by atoms with Crippen LogP contribution in [0.15, 0.2) is 146 Å². The Morgan fingerprint density at radius 2 is 0.829 bits per heavy atom. The van der Waals surface area contributed by atoms with Crippen LogP contribution >= 0.6 is 0 Å². The van der Waals surface area contributed by atoms with Crippen molar-refractivity contribution in [3.05, 3.63) is 157 Å². The third kappa shape index (κ3) is 3.61. The maximum absolute atomic E-state index is 2.40. The minimum Gasteiger partial charge on any atom is -0.0622 e. The summed E-state index contributed by atoms with van der Waals surface area (Å²) < 4.78 is 0. The Bertz CT molecular complexity index is 2050. The van der Waals surface area contributed by atoms with Gasteiger partial charge in [-0.05, 0) is 89.3 Å². The predicted molar refractivity (Wildman–Crippen MR) is 175 cm³/mol. The smallest absolute Gasteiger partial charge is 0.0158 e. The van der Waals surface area contributed by atoms with Crippen LogP contribution in [0, 0.1) is 0 Å². The lowest BCUT2D eigenvalue weighted by atomic mass is 9.82. The van der Waals surface area contributed by atoms with E-state index in [0.717, 1.165) is 0 Å². The topological polar surface area (TPSA) is 0 Å². The molecule has 0 nitrogen and oxygen atoms in total. The molecule has 0 aliphatic heterocycles. The Labute approximate surface area is 241 Å². The lowest BCUT2D eigenvalue weighted by molar-refractivity contribution is 0.660. The lowest BCUT2D eigenvalue weighted by Crippen LogP contribution is -2.14. The van der Waals surface area contributed by atoms with Gasteiger partial charge in [0, 0.05) is 5.41 Å². The van der Waals surface area contributed by atoms with Crippen LogP contribution in [0.2, 0.25) is 0 Å². The quantitative estimate of drug-likeness (QED) is 0.202. The van der Waals surface area contributed by atoms with Gasteiger partial charge in [0.25, 0.3) is 0 Å². The van der Waals surface area contributed by atoms with E-state index in [9.17, 15) is 0 Å². The van der Waals surface area contributed by atoms with E-state index in [0.29, 0.717) is 0 Å². The summed E-state index contributed by atoms with van der Waals surface area (Å²) >= 11 is 0. The van der Waals surface area contributed by atoms with Crippen molar-refractivity contribution in [1.82, 2.24) is 0 Å². The Morgan fingerprint density at radius 1 is 0.341 bits per heavy atom. The molecule has 0 saturated heterocycles. The third-order valence-corrected chi connectivity index (χ3v) is 9.06. The molecule has 0 aromatic heterocycles. The zero-order valence-electron chi connectivity index (χ0n) is 23.4. The van der Waals surface area contributed by atoms with E-state index in [1.807, 2.05) is 0 Å². The summed E-state index contributed by atoms with van der Waals surface area (Å²) in [7, 11) is 0. The third-order valence-electron chi connectivity index (χ3n) is 9.06. The molecule has 1 aliphatic rings. The fraction of sp³-hybridized carbons (Fsp3) is 0.0732. The number of hydrogen-bond donors (Lipinski definition) is 0. The second-order valence-corrected chi connectivity index (χ2v) is 11.7. The Balaban J connectivity index is 1.35. The van der Waals surface area contributed by atoms with Crippen molar-refractivity contribution in [2.24, 2.45) is 0 Å². The minimum atomic E-state index is 0.0185. The number of rotatable bonds is 3. The summed E-state index contributed by atoms with van der Waals surface area (Å²) in [6.07, 6.45) is 0. The molecule has 1 aliphatic carbocycles. The molecule has 0 saturated carbocycles. The second-order valence-electron chi connectivity index (χ2n) is 11.7. The highest BCUT2D eigenvalue weighted by Gasteiger charge is 2.35. The van der Waals surface area contributed by atoms with Gasteiger partial charge in [-0.1, -0.05) is 147 Å². The predicted octanol–water partition coefficient (Wildman–Crippen LogP) is 11.3. The van der Waals surface area contributed by atoms with Crippen molar-refractivity contribution >= 4 is 21.5 Å². The highest BCUT2D eigenvalue weighted by atomic mass is 14.4. The highest BCUT2D eigenvalue weighted by molar-refractivity contribution is 6.21. The first-order valence-electron chi connectivity index (χ1n) is 14.5. The van der Waals surface area contributed by atoms with E-state index < -0.39 is 0 Å². The van der Waals surface area contributed by atoms with Crippen molar-refractivity contribution in [2.45, 2.75) is 19.3 Å². The van der Waals surface area contributed by atoms with Gasteiger partial charge in [-0.2, -0.15) is 0 Å². The lowest BCUT2D eigenvalue weighted by Gasteiger charge is -2.21. The Morgan fingerprint density at radius 3 is 1.51 bits per heavy atom. The van der Waals surface area contributed by atoms with Crippen LogP contribution in [-0.4, -0.2) is 0 Å². The average molecular weight is 523 g/mol. The molecule has 0 amide bonds. The molecule has 0 bridgehead atoms. The van der Waals surface area contributed by atoms with Crippen LogP contribution in [0.5, 0.6) is 0 Å². The van der Waals surface area contributed by atoms with Crippen LogP contribution in [0.3, 0.4) is 0 Å². The molecule has 0 fully saturated rings. The van der Waals surface area contributed by atoms with Crippen molar-refractivity contribution in [3.8, 4) is 44.5 Å². The van der Waals surface area contributed by atoms with Gasteiger partial charge in [-0.15, -0.1) is 0 Å². The van der Waals surface area contributed by atoms with Crippen LogP contribution in [-0.2, 0) is 5.41 Å². The normalized spacial score (nSPS) is 13.3. The molecule has 0 heteroatoms. The Kier molecular flexibility index (Phi) is 5.27. The molecule has 8 rings (SSSR count). The van der Waals surface area contributed by atoms with Crippen molar-refractivity contribution in [3.63, 3.8) is 0 Å². The largest absolute Gasteiger partial charge is 0.0622 e. The second kappa shape index (κ2) is 9.04. The van der Waals surface area contributed by atoms with E-state index >= 15 is 0 Å². The van der Waals surface area contributed by atoms with Crippen molar-refractivity contribution in [1.29, 1.82) is 0 Å². The van der Waals surface area contributed by atoms with Gasteiger partial charge >= 0.3 is 0 Å². The summed E-state index contributed by atoms with van der Waals surface area (Å²) in [4.78, 5) is 0. The molecule has 0 unspecified atom stereocenters. The molecule has 7 aromatic carbocycles. The number of hydrogen-bond acceptors (Lipinski definition) is 0. The molecule has 0 atom stereocenters. The fourth-order valence-electron chi connectivity index (χ4n) is 7.11. The molecule has 0 spiro atoms. The molecule has 0 heterocycles. The van der Waals surface area contributed by atoms with Crippen LogP contribution < -0.4 is 0 Å². The first-order valence-corrected chi connectivity index (χ1v) is 14.5. The molecule has 0 N–H and O–H groups in total. The van der Waals surface area contributed by atoms with Gasteiger partial charge in [0.15, 0.2) is 0 Å². The summed E-state index contributed by atoms with van der Waals surface area (Å²) in [5.41, 5.74) is 13.2. The van der Waals surface area contributed by atoms with Gasteiger partial charge in [0.2, 0.25) is 0 Å². The highest BCUT2D eigenvalue weighted by Crippen LogP contribution is 2.50. The zero-order valence-corrected chi connectivity index (χ0v) is 23.4. The van der Waals surface area contributed by atoms with Gasteiger partial charge in [0.05, 0.1) is 0 Å². The van der Waals surface area contributed by atoms with Gasteiger partial charge in [-0.3, -0.25) is 0 Å². The van der Waals surface area contributed by atoms with E-state index in [1.165, 1.54) is 77.2 Å². The maximum Gasteiger partial charge on any atom is 0.0158 e. The zero-order chi connectivity index (χ0) is 27.6. The standard InChI is InChI=1S/C41H30/c1-41(2)37-22-11-10-17-31(37)36-26-29(23-24-38(36)41)28-15-12-16-30(25-28)40-34-20-8-6-18-32(34)39(27-13-4-3-5-14-27)33-19-7-9-21-35(33)40/h3-26H,1-2H3. The molecule has 7 aromatic rings. The van der Waals surface area contributed by atoms with Crippen molar-refractivity contribution in [2.75, 3.05) is 0 Å². The first-order chi connectivity index (χ1) is 20.1. The fourth-order valence-corrected chi connectivity index (χ4v) is 7.11. The van der Waals surface area contributed by atoms with Gasteiger partial charge in [-0.25, -0.2) is 0 Å². The van der Waals surface area contributed by atoms with Crippen LogP contribution in [0.4, 0.5) is 0 Å². The summed E-state index contributed by atoms with van der Waals surface area (Å²) in [6.45, 7) is 4.68. The summed E-state index contributed by atoms with van der Waals surface area (Å²) in [6, 6.07) is 53.6. The van der Waals surface area contributed by atoms with E-state index in [1.54, 1.807) is 0 Å². The monoisotopic (exact) mass is 522 g/mol. The van der Waals surface area contributed by atoms with Crippen LogP contribution in [0.25, 0.3) is 66.1 Å². The Hall–Kier alpha value is -4.94. The van der Waals surface area contributed by atoms with Crippen molar-refractivity contribution < 1.29 is 0 Å². The molecular formula is C41H30. The summed E-state index contributed by atoms with van der Waals surface area (Å²) in [5.74, 6) is 0. The van der Waals surface area contributed by atoms with E-state index in [2.05, 4.69) is 159 Å². The van der Waals surface area contributed by atoms with E-state index in [-0.39, 0.29) is 5.41 Å². The maximum atomic E-state index is 2.40. The van der Waals surface area contributed by atoms with Gasteiger partial charge in [0.1, 0.15) is 0 Å². The summed E-state index contributed by atoms with van der Waals surface area (Å²) in [5, 5.41) is 5.14. The first kappa shape index (κ1) is 23.9. The molecule has 194 valence electrons. The minimum absolute atomic E-state index is 0.0185. The van der Waals surface area contributed by atoms with Gasteiger partial charge < -0.3 is 0 Å². The van der Waals surface area contributed by atoms with E-state index in [4.69, 9.17) is 0 Å². The molecule has 41 heavy (non-hydrogen) atoms. The molecule has 0 radical (unpaired) electrons. The van der Waals surface area contributed by atoms with Crippen LogP contribution in [0.1, 0.15) is 25.0 Å². The number of benzene rings is 7. The SMILES string of the molecule is CC1(C)c2ccccc2-c2cc(-c3cccc(-c4c5ccccc5c(-c5ccccc5)c5ccccc45)c3)ccc21. The molecular weight excluding hydrogens is 492 g/mol. The average Bonchev–Trinajstić information content (AvgIpc) is 3.26.